The molecule has 114 valence electrons. The molecule has 0 radical (unpaired) electrons. The largest absolute Gasteiger partial charge is 0.621 e. The number of quaternary nitrogens is 2. The number of aryl methyl sites for hydroxylation is 1. The van der Waals surface area contributed by atoms with Gasteiger partial charge < -0.3 is 15.3 Å². The SMILES string of the molecule is CN(C)CCN=C1N[NH+]([O-])c2c(ccc3c2CCC3)[NH+]1[O-]. The van der Waals surface area contributed by atoms with Gasteiger partial charge in [-0.05, 0) is 38.9 Å². The maximum Gasteiger partial charge on any atom is 0.347 e. The van der Waals surface area contributed by atoms with Crippen molar-refractivity contribution in [1.82, 2.24) is 10.3 Å². The summed E-state index contributed by atoms with van der Waals surface area (Å²) in [7, 11) is 3.89. The topological polar surface area (TPSA) is 82.6 Å². The number of hydroxylamine groups is 1. The average molecular weight is 291 g/mol. The van der Waals surface area contributed by atoms with E-state index in [2.05, 4.69) is 10.4 Å². The fourth-order valence-corrected chi connectivity index (χ4v) is 2.94. The predicted molar refractivity (Wildman–Crippen MR) is 80.4 cm³/mol. The van der Waals surface area contributed by atoms with Gasteiger partial charge in [0.05, 0.1) is 6.54 Å². The highest BCUT2D eigenvalue weighted by Gasteiger charge is 2.33. The van der Waals surface area contributed by atoms with Gasteiger partial charge in [0, 0.05) is 18.2 Å². The Bertz CT molecular complexity index is 573. The number of benzene rings is 1. The molecule has 2 atom stereocenters. The Balaban J connectivity index is 1.90. The van der Waals surface area contributed by atoms with Gasteiger partial charge in [0.1, 0.15) is 0 Å². The first kappa shape index (κ1) is 14.4. The first-order valence-electron chi connectivity index (χ1n) is 7.28. The van der Waals surface area contributed by atoms with Gasteiger partial charge in [-0.25, -0.2) is 10.2 Å². The van der Waals surface area contributed by atoms with E-state index in [1.54, 1.807) is 6.07 Å². The van der Waals surface area contributed by atoms with Crippen LogP contribution in [0.1, 0.15) is 17.5 Å². The molecule has 0 saturated carbocycles. The van der Waals surface area contributed by atoms with Crippen LogP contribution in [0, 0.1) is 10.4 Å². The van der Waals surface area contributed by atoms with Crippen LogP contribution in [0.15, 0.2) is 17.1 Å². The second-order valence-corrected chi connectivity index (χ2v) is 5.80. The number of hydrogen-bond donors (Lipinski definition) is 3. The fraction of sp³-hybridized carbons (Fsp3) is 0.500. The van der Waals surface area contributed by atoms with E-state index in [1.807, 2.05) is 25.1 Å². The molecule has 0 bridgehead atoms. The first-order valence-corrected chi connectivity index (χ1v) is 7.28. The Morgan fingerprint density at radius 1 is 1.29 bits per heavy atom. The minimum Gasteiger partial charge on any atom is -0.621 e. The molecule has 1 aromatic carbocycles. The van der Waals surface area contributed by atoms with E-state index >= 15 is 0 Å². The average Bonchev–Trinajstić information content (AvgIpc) is 2.91. The molecule has 1 aliphatic carbocycles. The molecule has 7 nitrogen and oxygen atoms in total. The van der Waals surface area contributed by atoms with Crippen LogP contribution in [-0.2, 0) is 12.8 Å². The molecule has 1 heterocycles. The second kappa shape index (κ2) is 5.70. The summed E-state index contributed by atoms with van der Waals surface area (Å²) in [6, 6.07) is 3.76. The summed E-state index contributed by atoms with van der Waals surface area (Å²) in [5.74, 6) is 0.173. The van der Waals surface area contributed by atoms with E-state index in [0.29, 0.717) is 17.9 Å². The summed E-state index contributed by atoms with van der Waals surface area (Å²) in [4.78, 5) is 6.23. The normalized spacial score (nSPS) is 25.9. The zero-order valence-electron chi connectivity index (χ0n) is 12.4. The molecule has 7 heteroatoms. The van der Waals surface area contributed by atoms with Crippen molar-refractivity contribution in [3.8, 4) is 0 Å². The number of nitrogens with zero attached hydrogens (tertiary/aromatic N) is 2. The van der Waals surface area contributed by atoms with Gasteiger partial charge in [-0.3, -0.25) is 5.06 Å². The van der Waals surface area contributed by atoms with Gasteiger partial charge in [0.15, 0.2) is 0 Å². The second-order valence-electron chi connectivity index (χ2n) is 5.80. The Morgan fingerprint density at radius 3 is 2.86 bits per heavy atom. The van der Waals surface area contributed by atoms with Crippen molar-refractivity contribution < 1.29 is 10.2 Å². The van der Waals surface area contributed by atoms with Crippen LogP contribution in [-0.4, -0.2) is 38.0 Å². The van der Waals surface area contributed by atoms with E-state index in [4.69, 9.17) is 0 Å². The zero-order valence-corrected chi connectivity index (χ0v) is 12.4. The van der Waals surface area contributed by atoms with Crippen molar-refractivity contribution in [3.63, 3.8) is 0 Å². The lowest BCUT2D eigenvalue weighted by molar-refractivity contribution is -0.851. The molecule has 21 heavy (non-hydrogen) atoms. The molecule has 0 spiro atoms. The van der Waals surface area contributed by atoms with Crippen LogP contribution >= 0.6 is 0 Å². The summed E-state index contributed by atoms with van der Waals surface area (Å²) >= 11 is 0. The maximum absolute atomic E-state index is 12.5. The first-order chi connectivity index (χ1) is 10.1. The van der Waals surface area contributed by atoms with Crippen LogP contribution < -0.4 is 15.7 Å². The number of hydrogen-bond acceptors (Lipinski definition) is 4. The fourth-order valence-electron chi connectivity index (χ4n) is 2.94. The van der Waals surface area contributed by atoms with Crippen molar-refractivity contribution in [1.29, 1.82) is 0 Å². The highest BCUT2D eigenvalue weighted by molar-refractivity contribution is 5.77. The number of rotatable bonds is 3. The van der Waals surface area contributed by atoms with Gasteiger partial charge >= 0.3 is 5.96 Å². The third-order valence-corrected chi connectivity index (χ3v) is 4.02. The number of aliphatic imine (C=N–C) groups is 1. The number of fused-ring (bicyclic) bond motifs is 3. The molecular formula is C14H21N5O2. The van der Waals surface area contributed by atoms with Gasteiger partial charge in [-0.1, -0.05) is 6.07 Å². The lowest BCUT2D eigenvalue weighted by Crippen LogP contribution is -3.24. The molecule has 3 rings (SSSR count). The van der Waals surface area contributed by atoms with E-state index in [1.165, 1.54) is 5.56 Å². The minimum absolute atomic E-state index is 0.168. The number of guanidine groups is 1. The summed E-state index contributed by atoms with van der Waals surface area (Å²) in [6.45, 7) is 1.23. The Labute approximate surface area is 124 Å². The number of nitrogens with one attached hydrogen (secondary N) is 3. The van der Waals surface area contributed by atoms with Crippen molar-refractivity contribution >= 4 is 17.3 Å². The van der Waals surface area contributed by atoms with E-state index in [0.717, 1.165) is 31.4 Å². The van der Waals surface area contributed by atoms with Crippen molar-refractivity contribution in [2.45, 2.75) is 19.3 Å². The molecule has 0 amide bonds. The lowest BCUT2D eigenvalue weighted by atomic mass is 10.1. The third-order valence-electron chi connectivity index (χ3n) is 4.02. The standard InChI is InChI=1S/C14H21N5O2/c1-17(2)9-8-15-14-16-19(21)13-11-5-3-4-10(11)6-7-12(13)18(14)20/h6-7,18-19H,3-5,8-9H2,1-2H3,(H,15,16). The minimum atomic E-state index is -0.188. The van der Waals surface area contributed by atoms with Gasteiger partial charge in [-0.15, -0.1) is 0 Å². The summed E-state index contributed by atoms with van der Waals surface area (Å²) in [5.41, 5.74) is 5.99. The highest BCUT2D eigenvalue weighted by Crippen LogP contribution is 2.31. The monoisotopic (exact) mass is 291 g/mol. The molecule has 2 aliphatic rings. The predicted octanol–water partition coefficient (Wildman–Crippen LogP) is -1.36. The summed E-state index contributed by atoms with van der Waals surface area (Å²) in [5, 5.41) is 24.5. The van der Waals surface area contributed by atoms with Gasteiger partial charge in [0.2, 0.25) is 11.4 Å². The molecule has 0 fully saturated rings. The summed E-state index contributed by atoms with van der Waals surface area (Å²) in [6.07, 6.45) is 2.93. The third kappa shape index (κ3) is 2.66. The lowest BCUT2D eigenvalue weighted by Gasteiger charge is -2.35. The van der Waals surface area contributed by atoms with Crippen LogP contribution in [0.3, 0.4) is 0 Å². The van der Waals surface area contributed by atoms with Gasteiger partial charge in [-0.2, -0.15) is 5.43 Å². The van der Waals surface area contributed by atoms with E-state index < -0.39 is 0 Å². The van der Waals surface area contributed by atoms with Crippen molar-refractivity contribution in [2.24, 2.45) is 4.99 Å². The van der Waals surface area contributed by atoms with Gasteiger partial charge in [0.25, 0.3) is 0 Å². The molecule has 1 aromatic rings. The molecule has 1 aliphatic heterocycles. The van der Waals surface area contributed by atoms with Crippen molar-refractivity contribution in [3.05, 3.63) is 33.7 Å². The molecule has 2 unspecified atom stereocenters. The van der Waals surface area contributed by atoms with E-state index in [9.17, 15) is 10.4 Å². The molecule has 0 saturated heterocycles. The molecular weight excluding hydrogens is 270 g/mol. The smallest absolute Gasteiger partial charge is 0.347 e. The Morgan fingerprint density at radius 2 is 2.10 bits per heavy atom. The van der Waals surface area contributed by atoms with Crippen LogP contribution in [0.2, 0.25) is 0 Å². The van der Waals surface area contributed by atoms with E-state index in [-0.39, 0.29) is 16.2 Å². The molecule has 3 N–H and O–H groups in total. The molecule has 0 aromatic heterocycles. The Hall–Kier alpha value is -1.51. The zero-order chi connectivity index (χ0) is 15.0. The van der Waals surface area contributed by atoms with Crippen LogP contribution in [0.4, 0.5) is 11.4 Å². The summed E-state index contributed by atoms with van der Waals surface area (Å²) < 4.78 is 0. The highest BCUT2D eigenvalue weighted by atomic mass is 16.6. The van der Waals surface area contributed by atoms with Crippen LogP contribution in [0.25, 0.3) is 0 Å². The maximum atomic E-state index is 12.5. The Kier molecular flexibility index (Phi) is 3.92. The quantitative estimate of drug-likeness (QED) is 0.601. The number of likely N-dealkylation sites (N-methyl/N-ethyl adjacent to an activating group) is 1. The van der Waals surface area contributed by atoms with Crippen molar-refractivity contribution in [2.75, 3.05) is 27.2 Å². The van der Waals surface area contributed by atoms with Crippen LogP contribution in [0.5, 0.6) is 0 Å².